The summed E-state index contributed by atoms with van der Waals surface area (Å²) >= 11 is 2.19. The number of carbonyl (C=O) groups is 3. The van der Waals surface area contributed by atoms with Gasteiger partial charge in [-0.15, -0.1) is 0 Å². The first-order chi connectivity index (χ1) is 14.2. The fraction of sp³-hybridized carbons (Fsp3) is 0.125. The number of esters is 1. The van der Waals surface area contributed by atoms with Crippen LogP contribution in [0, 0.1) is 0 Å². The highest BCUT2D eigenvalue weighted by Crippen LogP contribution is 2.25. The molecule has 0 saturated carbocycles. The quantitative estimate of drug-likeness (QED) is 0.226. The number of ether oxygens (including phenoxy) is 1. The predicted octanol–water partition coefficient (Wildman–Crippen LogP) is 6.09. The lowest BCUT2D eigenvalue weighted by Crippen LogP contribution is -2.04. The summed E-state index contributed by atoms with van der Waals surface area (Å²) in [7, 11) is 0. The van der Waals surface area contributed by atoms with Crippen molar-refractivity contribution in [2.45, 2.75) is 30.6 Å². The number of thioether (sulfide) groups is 2. The summed E-state index contributed by atoms with van der Waals surface area (Å²) in [5, 5.41) is -0.182. The van der Waals surface area contributed by atoms with E-state index in [0.29, 0.717) is 16.9 Å². The first-order valence-electron chi connectivity index (χ1n) is 9.01. The van der Waals surface area contributed by atoms with Crippen LogP contribution in [0.5, 0.6) is 5.75 Å². The molecule has 0 aliphatic carbocycles. The largest absolute Gasteiger partial charge is 0.423 e. The van der Waals surface area contributed by atoms with Crippen molar-refractivity contribution in [1.82, 2.24) is 0 Å². The molecule has 0 N–H and O–H groups in total. The predicted molar refractivity (Wildman–Crippen MR) is 124 cm³/mol. The van der Waals surface area contributed by atoms with Gasteiger partial charge in [-0.05, 0) is 103 Å². The summed E-state index contributed by atoms with van der Waals surface area (Å²) in [6.45, 7) is 12.4. The second-order valence-corrected chi connectivity index (χ2v) is 8.68. The minimum Gasteiger partial charge on any atom is -0.423 e. The van der Waals surface area contributed by atoms with Gasteiger partial charge in [-0.1, -0.05) is 25.3 Å². The molecule has 0 radical (unpaired) electrons. The Hall–Kier alpha value is -2.83. The summed E-state index contributed by atoms with van der Waals surface area (Å²) in [5.41, 5.74) is 2.56. The van der Waals surface area contributed by atoms with Crippen LogP contribution in [-0.4, -0.2) is 16.2 Å². The zero-order valence-corrected chi connectivity index (χ0v) is 18.7. The van der Waals surface area contributed by atoms with Crippen LogP contribution in [0.3, 0.4) is 0 Å². The molecule has 0 fully saturated rings. The van der Waals surface area contributed by atoms with Crippen molar-refractivity contribution in [3.05, 3.63) is 84.5 Å². The molecule has 6 heteroatoms. The number of allylic oxidation sites excluding steroid dienone is 1. The third-order valence-corrected chi connectivity index (χ3v) is 5.89. The van der Waals surface area contributed by atoms with Gasteiger partial charge in [0.2, 0.25) is 10.2 Å². The molecule has 2 aromatic rings. The van der Waals surface area contributed by atoms with E-state index in [1.165, 1.54) is 6.08 Å². The van der Waals surface area contributed by atoms with Crippen LogP contribution in [-0.2, 0) is 14.4 Å². The minimum absolute atomic E-state index is 0.0768. The SMILES string of the molecule is C=C(C)C(=O)Sc1ccc(OC(=O)C=C(C)c2ccc(SC(=O)C(=C)C)cc2)cc1. The van der Waals surface area contributed by atoms with E-state index in [2.05, 4.69) is 13.2 Å². The first-order valence-corrected chi connectivity index (χ1v) is 10.6. The third kappa shape index (κ3) is 7.21. The normalized spacial score (nSPS) is 11.0. The molecule has 30 heavy (non-hydrogen) atoms. The molecule has 0 unspecified atom stereocenters. The van der Waals surface area contributed by atoms with Gasteiger partial charge in [0.25, 0.3) is 0 Å². The molecule has 0 saturated heterocycles. The number of benzene rings is 2. The van der Waals surface area contributed by atoms with Crippen molar-refractivity contribution in [3.63, 3.8) is 0 Å². The van der Waals surface area contributed by atoms with Crippen LogP contribution in [0.1, 0.15) is 26.3 Å². The lowest BCUT2D eigenvalue weighted by Gasteiger charge is -2.06. The van der Waals surface area contributed by atoms with Gasteiger partial charge in [-0.3, -0.25) is 9.59 Å². The number of rotatable bonds is 7. The molecular weight excluding hydrogens is 416 g/mol. The van der Waals surface area contributed by atoms with Crippen LogP contribution >= 0.6 is 23.5 Å². The summed E-state index contributed by atoms with van der Waals surface area (Å²) in [5.74, 6) is -0.108. The number of hydrogen-bond acceptors (Lipinski definition) is 6. The Morgan fingerprint density at radius 2 is 1.20 bits per heavy atom. The summed E-state index contributed by atoms with van der Waals surface area (Å²) < 4.78 is 5.33. The lowest BCUT2D eigenvalue weighted by atomic mass is 10.1. The highest BCUT2D eigenvalue weighted by atomic mass is 32.2. The van der Waals surface area contributed by atoms with Crippen LogP contribution < -0.4 is 4.74 Å². The van der Waals surface area contributed by atoms with E-state index in [1.54, 1.807) is 38.1 Å². The van der Waals surface area contributed by atoms with Crippen molar-refractivity contribution >= 4 is 45.3 Å². The highest BCUT2D eigenvalue weighted by molar-refractivity contribution is 8.14. The maximum Gasteiger partial charge on any atom is 0.336 e. The van der Waals surface area contributed by atoms with E-state index in [4.69, 9.17) is 4.74 Å². The topological polar surface area (TPSA) is 60.4 Å². The molecule has 154 valence electrons. The third-order valence-electron chi connectivity index (χ3n) is 3.80. The molecular formula is C24H22O4S2. The fourth-order valence-corrected chi connectivity index (χ4v) is 3.48. The molecule has 2 aromatic carbocycles. The van der Waals surface area contributed by atoms with Gasteiger partial charge in [0.15, 0.2) is 0 Å². The van der Waals surface area contributed by atoms with Gasteiger partial charge < -0.3 is 4.74 Å². The molecule has 0 heterocycles. The highest BCUT2D eigenvalue weighted by Gasteiger charge is 2.09. The molecule has 2 rings (SSSR count). The van der Waals surface area contributed by atoms with Crippen molar-refractivity contribution in [2.24, 2.45) is 0 Å². The van der Waals surface area contributed by atoms with Crippen LogP contribution in [0.25, 0.3) is 5.57 Å². The fourth-order valence-electron chi connectivity index (χ4n) is 2.16. The van der Waals surface area contributed by atoms with E-state index in [9.17, 15) is 14.4 Å². The average Bonchev–Trinajstić information content (AvgIpc) is 2.69. The van der Waals surface area contributed by atoms with Gasteiger partial charge in [-0.25, -0.2) is 4.79 Å². The van der Waals surface area contributed by atoms with E-state index in [-0.39, 0.29) is 10.2 Å². The molecule has 4 nitrogen and oxygen atoms in total. The summed E-state index contributed by atoms with van der Waals surface area (Å²) in [4.78, 5) is 37.2. The Balaban J connectivity index is 1.98. The molecule has 0 amide bonds. The molecule has 0 aromatic heterocycles. The van der Waals surface area contributed by atoms with E-state index in [1.807, 2.05) is 31.2 Å². The van der Waals surface area contributed by atoms with Gasteiger partial charge in [-0.2, -0.15) is 0 Å². The molecule has 0 spiro atoms. The molecule has 0 bridgehead atoms. The average molecular weight is 439 g/mol. The first kappa shape index (κ1) is 23.4. The Kier molecular flexibility index (Phi) is 8.45. The number of hydrogen-bond donors (Lipinski definition) is 0. The molecule has 0 aliphatic heterocycles. The molecule has 0 aliphatic rings. The Morgan fingerprint density at radius 3 is 1.63 bits per heavy atom. The van der Waals surface area contributed by atoms with E-state index in [0.717, 1.165) is 44.5 Å². The van der Waals surface area contributed by atoms with E-state index >= 15 is 0 Å². The van der Waals surface area contributed by atoms with Crippen LogP contribution in [0.4, 0.5) is 0 Å². The van der Waals surface area contributed by atoms with Crippen LogP contribution in [0.2, 0.25) is 0 Å². The summed E-state index contributed by atoms with van der Waals surface area (Å²) in [6, 6.07) is 14.0. The van der Waals surface area contributed by atoms with Crippen molar-refractivity contribution < 1.29 is 19.1 Å². The van der Waals surface area contributed by atoms with Gasteiger partial charge >= 0.3 is 5.97 Å². The number of carbonyl (C=O) groups excluding carboxylic acids is 3. The van der Waals surface area contributed by atoms with Gasteiger partial charge in [0.05, 0.1) is 0 Å². The Labute approximate surface area is 185 Å². The second kappa shape index (κ2) is 10.8. The zero-order chi connectivity index (χ0) is 22.3. The van der Waals surface area contributed by atoms with E-state index < -0.39 is 5.97 Å². The van der Waals surface area contributed by atoms with Crippen LogP contribution in [0.15, 0.2) is 88.7 Å². The van der Waals surface area contributed by atoms with Gasteiger partial charge in [0.1, 0.15) is 5.75 Å². The Morgan fingerprint density at radius 1 is 0.767 bits per heavy atom. The van der Waals surface area contributed by atoms with Crippen molar-refractivity contribution in [3.8, 4) is 5.75 Å². The van der Waals surface area contributed by atoms with Crippen molar-refractivity contribution in [2.75, 3.05) is 0 Å². The molecule has 0 atom stereocenters. The maximum absolute atomic E-state index is 12.2. The zero-order valence-electron chi connectivity index (χ0n) is 17.1. The maximum atomic E-state index is 12.2. The Bertz CT molecular complexity index is 1020. The standard InChI is InChI=1S/C24H22O4S2/c1-15(2)23(26)29-20-10-6-18(7-11-20)17(5)14-22(25)28-19-8-12-21(13-9-19)30-24(27)16(3)4/h6-14H,1,3H2,2,4-5H3. The van der Waals surface area contributed by atoms with Gasteiger partial charge in [0, 0.05) is 15.9 Å². The second-order valence-electron chi connectivity index (χ2n) is 6.58. The monoisotopic (exact) mass is 438 g/mol. The smallest absolute Gasteiger partial charge is 0.336 e. The minimum atomic E-state index is -0.498. The van der Waals surface area contributed by atoms with Crippen molar-refractivity contribution in [1.29, 1.82) is 0 Å². The lowest BCUT2D eigenvalue weighted by molar-refractivity contribution is -0.129. The summed E-state index contributed by atoms with van der Waals surface area (Å²) in [6.07, 6.45) is 1.41.